The molecule has 2 amide bonds. The summed E-state index contributed by atoms with van der Waals surface area (Å²) >= 11 is 6.21. The van der Waals surface area contributed by atoms with Crippen LogP contribution in [0.1, 0.15) is 27.2 Å². The number of hydrogen-bond acceptors (Lipinski definition) is 5. The first-order valence-electron chi connectivity index (χ1n) is 11.5. The highest BCUT2D eigenvalue weighted by Gasteiger charge is 2.12. The van der Waals surface area contributed by atoms with E-state index in [1.807, 2.05) is 47.9 Å². The van der Waals surface area contributed by atoms with Gasteiger partial charge >= 0.3 is 0 Å². The van der Waals surface area contributed by atoms with E-state index in [-0.39, 0.29) is 23.9 Å². The summed E-state index contributed by atoms with van der Waals surface area (Å²) in [6.45, 7) is 2.45. The molecule has 1 heterocycles. The molecule has 0 fully saturated rings. The second-order valence-corrected chi connectivity index (χ2v) is 8.89. The van der Waals surface area contributed by atoms with Gasteiger partial charge in [0.25, 0.3) is 5.91 Å². The highest BCUT2D eigenvalue weighted by molar-refractivity contribution is 6.34. The molecule has 0 bridgehead atoms. The third kappa shape index (κ3) is 6.68. The fourth-order valence-corrected chi connectivity index (χ4v) is 4.04. The SMILES string of the molecule is COc1ccc(CC(=O)Nc2ccc(Cn3cnc(C(=O)Nc4ccc(C)cc4Cl)c3)cc2)cc1OC. The minimum atomic E-state index is -0.336. The Kier molecular flexibility index (Phi) is 8.10. The number of halogens is 1. The first-order chi connectivity index (χ1) is 17.8. The summed E-state index contributed by atoms with van der Waals surface area (Å²) in [5.41, 5.74) is 4.33. The minimum absolute atomic E-state index is 0.140. The molecule has 0 saturated carbocycles. The molecule has 0 saturated heterocycles. The summed E-state index contributed by atoms with van der Waals surface area (Å²) in [5.74, 6) is 0.718. The average molecular weight is 519 g/mol. The van der Waals surface area contributed by atoms with Gasteiger partial charge in [0.05, 0.1) is 37.7 Å². The molecule has 4 aromatic rings. The van der Waals surface area contributed by atoms with Crippen LogP contribution >= 0.6 is 11.6 Å². The van der Waals surface area contributed by atoms with E-state index in [1.165, 1.54) is 0 Å². The van der Waals surface area contributed by atoms with Gasteiger partial charge in [0, 0.05) is 18.4 Å². The topological polar surface area (TPSA) is 94.5 Å². The smallest absolute Gasteiger partial charge is 0.275 e. The number of aromatic nitrogens is 2. The van der Waals surface area contributed by atoms with Crippen LogP contribution in [-0.4, -0.2) is 35.6 Å². The van der Waals surface area contributed by atoms with E-state index in [2.05, 4.69) is 15.6 Å². The lowest BCUT2D eigenvalue weighted by Crippen LogP contribution is -2.14. The molecule has 3 aromatic carbocycles. The lowest BCUT2D eigenvalue weighted by molar-refractivity contribution is -0.115. The third-order valence-electron chi connectivity index (χ3n) is 5.65. The van der Waals surface area contributed by atoms with Crippen LogP contribution < -0.4 is 20.1 Å². The van der Waals surface area contributed by atoms with Crippen LogP contribution in [0.5, 0.6) is 11.5 Å². The van der Waals surface area contributed by atoms with Crippen LogP contribution in [0.25, 0.3) is 0 Å². The molecule has 0 aliphatic heterocycles. The summed E-state index contributed by atoms with van der Waals surface area (Å²) in [4.78, 5) is 29.3. The van der Waals surface area contributed by atoms with Crippen molar-refractivity contribution < 1.29 is 19.1 Å². The van der Waals surface area contributed by atoms with E-state index in [0.717, 1.165) is 16.7 Å². The standard InChI is InChI=1S/C28H27ClN4O4/c1-18-4-10-23(22(29)12-18)32-28(35)24-16-33(17-30-24)15-19-5-8-21(9-6-19)31-27(34)14-20-7-11-25(36-2)26(13-20)37-3/h4-13,16-17H,14-15H2,1-3H3,(H,31,34)(H,32,35). The summed E-state index contributed by atoms with van der Waals surface area (Å²) in [6, 6.07) is 18.3. The summed E-state index contributed by atoms with van der Waals surface area (Å²) in [5, 5.41) is 6.17. The van der Waals surface area contributed by atoms with E-state index < -0.39 is 0 Å². The van der Waals surface area contributed by atoms with Crippen LogP contribution in [0.4, 0.5) is 11.4 Å². The van der Waals surface area contributed by atoms with E-state index in [0.29, 0.717) is 34.4 Å². The predicted molar refractivity (Wildman–Crippen MR) is 144 cm³/mol. The van der Waals surface area contributed by atoms with Gasteiger partial charge in [-0.15, -0.1) is 0 Å². The summed E-state index contributed by atoms with van der Waals surface area (Å²) < 4.78 is 12.3. The maximum absolute atomic E-state index is 12.6. The van der Waals surface area contributed by atoms with Crippen molar-refractivity contribution in [3.8, 4) is 11.5 Å². The number of carbonyl (C=O) groups is 2. The Morgan fingerprint density at radius 1 is 0.919 bits per heavy atom. The van der Waals surface area contributed by atoms with Gasteiger partial charge in [-0.3, -0.25) is 9.59 Å². The minimum Gasteiger partial charge on any atom is -0.493 e. The zero-order valence-corrected chi connectivity index (χ0v) is 21.5. The summed E-state index contributed by atoms with van der Waals surface area (Å²) in [6.07, 6.45) is 3.48. The Labute approximate surface area is 220 Å². The summed E-state index contributed by atoms with van der Waals surface area (Å²) in [7, 11) is 3.13. The predicted octanol–water partition coefficient (Wildman–Crippen LogP) is 5.34. The molecule has 190 valence electrons. The molecule has 9 heteroatoms. The largest absolute Gasteiger partial charge is 0.493 e. The molecule has 0 spiro atoms. The van der Waals surface area contributed by atoms with Crippen molar-refractivity contribution in [1.29, 1.82) is 0 Å². The zero-order chi connectivity index (χ0) is 26.4. The van der Waals surface area contributed by atoms with Crippen LogP contribution in [0.2, 0.25) is 5.02 Å². The molecule has 0 aliphatic carbocycles. The molecular weight excluding hydrogens is 492 g/mol. The van der Waals surface area contributed by atoms with Crippen molar-refractivity contribution in [3.05, 3.63) is 101 Å². The average Bonchev–Trinajstić information content (AvgIpc) is 3.35. The molecule has 0 atom stereocenters. The molecule has 0 unspecified atom stereocenters. The Morgan fingerprint density at radius 3 is 2.35 bits per heavy atom. The van der Waals surface area contributed by atoms with Crippen molar-refractivity contribution in [2.45, 2.75) is 19.9 Å². The number of ether oxygens (including phenoxy) is 2. The van der Waals surface area contributed by atoms with Crippen molar-refractivity contribution in [3.63, 3.8) is 0 Å². The molecule has 0 aliphatic rings. The van der Waals surface area contributed by atoms with Gasteiger partial charge in [-0.25, -0.2) is 4.98 Å². The van der Waals surface area contributed by atoms with E-state index in [1.54, 1.807) is 51.0 Å². The van der Waals surface area contributed by atoms with Crippen molar-refractivity contribution in [2.75, 3.05) is 24.9 Å². The van der Waals surface area contributed by atoms with Gasteiger partial charge in [-0.05, 0) is 60.0 Å². The number of aryl methyl sites for hydroxylation is 1. The van der Waals surface area contributed by atoms with Crippen LogP contribution in [-0.2, 0) is 17.8 Å². The van der Waals surface area contributed by atoms with Crippen LogP contribution in [0, 0.1) is 6.92 Å². The molecule has 2 N–H and O–H groups in total. The van der Waals surface area contributed by atoms with E-state index in [9.17, 15) is 9.59 Å². The van der Waals surface area contributed by atoms with Crippen LogP contribution in [0.15, 0.2) is 73.2 Å². The van der Waals surface area contributed by atoms with E-state index >= 15 is 0 Å². The molecular formula is C28H27ClN4O4. The van der Waals surface area contributed by atoms with Gasteiger partial charge in [-0.2, -0.15) is 0 Å². The van der Waals surface area contributed by atoms with Crippen LogP contribution in [0.3, 0.4) is 0 Å². The lowest BCUT2D eigenvalue weighted by Gasteiger charge is -2.10. The van der Waals surface area contributed by atoms with Crippen molar-refractivity contribution >= 4 is 34.8 Å². The van der Waals surface area contributed by atoms with E-state index in [4.69, 9.17) is 21.1 Å². The number of methoxy groups -OCH3 is 2. The molecule has 0 radical (unpaired) electrons. The molecule has 37 heavy (non-hydrogen) atoms. The number of hydrogen-bond donors (Lipinski definition) is 2. The van der Waals surface area contributed by atoms with Gasteiger partial charge in [0.15, 0.2) is 11.5 Å². The Morgan fingerprint density at radius 2 is 1.65 bits per heavy atom. The Bertz CT molecular complexity index is 1420. The monoisotopic (exact) mass is 518 g/mol. The Hall–Kier alpha value is -4.30. The maximum atomic E-state index is 12.6. The molecule has 4 rings (SSSR count). The number of carbonyl (C=O) groups excluding carboxylic acids is 2. The number of amides is 2. The molecule has 1 aromatic heterocycles. The van der Waals surface area contributed by atoms with Crippen molar-refractivity contribution in [1.82, 2.24) is 9.55 Å². The number of rotatable bonds is 9. The zero-order valence-electron chi connectivity index (χ0n) is 20.7. The second-order valence-electron chi connectivity index (χ2n) is 8.48. The van der Waals surface area contributed by atoms with Gasteiger partial charge in [0.1, 0.15) is 5.69 Å². The lowest BCUT2D eigenvalue weighted by atomic mass is 10.1. The number of imidazole rings is 1. The highest BCUT2D eigenvalue weighted by Crippen LogP contribution is 2.28. The first kappa shape index (κ1) is 25.8. The van der Waals surface area contributed by atoms with Gasteiger partial charge in [-0.1, -0.05) is 35.9 Å². The normalized spacial score (nSPS) is 10.6. The second kappa shape index (κ2) is 11.6. The van der Waals surface area contributed by atoms with Crippen molar-refractivity contribution in [2.24, 2.45) is 0 Å². The number of nitrogens with one attached hydrogen (secondary N) is 2. The fourth-order valence-electron chi connectivity index (χ4n) is 3.76. The highest BCUT2D eigenvalue weighted by atomic mass is 35.5. The third-order valence-corrected chi connectivity index (χ3v) is 5.97. The quantitative estimate of drug-likeness (QED) is 0.312. The van der Waals surface area contributed by atoms with Gasteiger partial charge < -0.3 is 24.7 Å². The maximum Gasteiger partial charge on any atom is 0.275 e. The number of benzene rings is 3. The Balaban J connectivity index is 1.32. The number of nitrogens with zero attached hydrogens (tertiary/aromatic N) is 2. The van der Waals surface area contributed by atoms with Gasteiger partial charge in [0.2, 0.25) is 5.91 Å². The first-order valence-corrected chi connectivity index (χ1v) is 11.9. The number of anilines is 2. The fraction of sp³-hybridized carbons (Fsp3) is 0.179. The molecule has 8 nitrogen and oxygen atoms in total.